The third kappa shape index (κ3) is 2.41. The van der Waals surface area contributed by atoms with E-state index in [1.807, 2.05) is 0 Å². The Labute approximate surface area is 134 Å². The predicted molar refractivity (Wildman–Crippen MR) is 90.5 cm³/mol. The van der Waals surface area contributed by atoms with Gasteiger partial charge in [-0.3, -0.25) is 5.84 Å². The Balaban J connectivity index is 1.94. The number of allylic oxidation sites excluding steroid dienone is 2. The van der Waals surface area contributed by atoms with Gasteiger partial charge in [-0.05, 0) is 49.1 Å². The van der Waals surface area contributed by atoms with Gasteiger partial charge in [0.1, 0.15) is 0 Å². The van der Waals surface area contributed by atoms with Crippen molar-refractivity contribution in [2.75, 3.05) is 18.1 Å². The summed E-state index contributed by atoms with van der Waals surface area (Å²) in [5.41, 5.74) is 6.09. The fraction of sp³-hybridized carbons (Fsp3) is 0.733. The number of nitrogens with two attached hydrogens (primary N) is 2. The monoisotopic (exact) mass is 357 g/mol. The lowest BCUT2D eigenvalue weighted by molar-refractivity contribution is 0.116. The SMILES string of the molecule is NCCCC1N(N)C2C=CC(Br)=CC2C12CCSCC2. The predicted octanol–water partition coefficient (Wildman–Crippen LogP) is 2.63. The summed E-state index contributed by atoms with van der Waals surface area (Å²) in [6.45, 7) is 0.764. The minimum absolute atomic E-state index is 0.351. The topological polar surface area (TPSA) is 55.3 Å². The standard InChI is InChI=1S/C15H24BrN3S/c16-11-3-4-13-12(10-11)15(5-8-20-9-6-15)14(19(13)18)2-1-7-17/h3-4,10,12-14H,1-2,5-9,17-18H2. The molecular formula is C15H24BrN3S. The summed E-state index contributed by atoms with van der Waals surface area (Å²) in [5, 5.41) is 2.14. The van der Waals surface area contributed by atoms with E-state index in [0.29, 0.717) is 23.4 Å². The summed E-state index contributed by atoms with van der Waals surface area (Å²) in [5.74, 6) is 9.61. The average molecular weight is 358 g/mol. The first kappa shape index (κ1) is 15.1. The molecule has 0 bridgehead atoms. The highest BCUT2D eigenvalue weighted by molar-refractivity contribution is 9.11. The second kappa shape index (κ2) is 6.13. The van der Waals surface area contributed by atoms with E-state index in [9.17, 15) is 0 Å². The maximum atomic E-state index is 6.52. The summed E-state index contributed by atoms with van der Waals surface area (Å²) < 4.78 is 1.21. The minimum Gasteiger partial charge on any atom is -0.330 e. The van der Waals surface area contributed by atoms with E-state index >= 15 is 0 Å². The van der Waals surface area contributed by atoms with Gasteiger partial charge in [0.05, 0.1) is 0 Å². The first-order valence-electron chi connectivity index (χ1n) is 7.55. The Hall–Kier alpha value is 0.190. The second-order valence-electron chi connectivity index (χ2n) is 6.17. The number of halogens is 1. The number of thioether (sulfide) groups is 1. The maximum absolute atomic E-state index is 6.52. The van der Waals surface area contributed by atoms with Crippen molar-refractivity contribution >= 4 is 27.7 Å². The van der Waals surface area contributed by atoms with Crippen molar-refractivity contribution in [3.05, 3.63) is 22.7 Å². The number of rotatable bonds is 3. The molecule has 3 rings (SSSR count). The Bertz CT molecular complexity index is 417. The lowest BCUT2D eigenvalue weighted by Crippen LogP contribution is -2.47. The molecule has 0 radical (unpaired) electrons. The van der Waals surface area contributed by atoms with Crippen molar-refractivity contribution in [2.24, 2.45) is 22.9 Å². The van der Waals surface area contributed by atoms with E-state index < -0.39 is 0 Å². The van der Waals surface area contributed by atoms with Crippen LogP contribution in [0.1, 0.15) is 25.7 Å². The number of hydrogen-bond acceptors (Lipinski definition) is 4. The van der Waals surface area contributed by atoms with Gasteiger partial charge in [0.2, 0.25) is 0 Å². The molecule has 3 nitrogen and oxygen atoms in total. The zero-order valence-electron chi connectivity index (χ0n) is 11.8. The fourth-order valence-electron chi connectivity index (χ4n) is 4.32. The summed E-state index contributed by atoms with van der Waals surface area (Å²) in [4.78, 5) is 0. The van der Waals surface area contributed by atoms with Crippen molar-refractivity contribution in [1.82, 2.24) is 5.01 Å². The Morgan fingerprint density at radius 3 is 2.85 bits per heavy atom. The molecule has 1 spiro atoms. The van der Waals surface area contributed by atoms with Gasteiger partial charge in [0, 0.05) is 22.5 Å². The minimum atomic E-state index is 0.351. The van der Waals surface area contributed by atoms with E-state index in [1.54, 1.807) is 0 Å². The first-order valence-corrected chi connectivity index (χ1v) is 9.50. The van der Waals surface area contributed by atoms with Crippen LogP contribution in [0.2, 0.25) is 0 Å². The fourth-order valence-corrected chi connectivity index (χ4v) is 6.01. The van der Waals surface area contributed by atoms with Gasteiger partial charge < -0.3 is 5.73 Å². The molecule has 3 atom stereocenters. The van der Waals surface area contributed by atoms with Crippen LogP contribution in [0.3, 0.4) is 0 Å². The molecule has 4 N–H and O–H groups in total. The third-order valence-electron chi connectivity index (χ3n) is 5.30. The molecule has 2 heterocycles. The van der Waals surface area contributed by atoms with E-state index in [0.717, 1.165) is 19.4 Å². The maximum Gasteiger partial charge on any atom is 0.0497 e. The van der Waals surface area contributed by atoms with Crippen LogP contribution in [-0.2, 0) is 0 Å². The molecule has 5 heteroatoms. The molecule has 2 fully saturated rings. The van der Waals surface area contributed by atoms with Crippen LogP contribution in [0.15, 0.2) is 22.7 Å². The summed E-state index contributed by atoms with van der Waals surface area (Å²) >= 11 is 5.75. The third-order valence-corrected chi connectivity index (χ3v) is 6.81. The number of nitrogens with zero attached hydrogens (tertiary/aromatic N) is 1. The van der Waals surface area contributed by atoms with Gasteiger partial charge in [0.15, 0.2) is 0 Å². The van der Waals surface area contributed by atoms with E-state index in [1.165, 1.54) is 28.8 Å². The molecule has 20 heavy (non-hydrogen) atoms. The van der Waals surface area contributed by atoms with E-state index in [-0.39, 0.29) is 0 Å². The van der Waals surface area contributed by atoms with Crippen LogP contribution in [0.25, 0.3) is 0 Å². The number of hydrogen-bond donors (Lipinski definition) is 2. The quantitative estimate of drug-likeness (QED) is 0.762. The van der Waals surface area contributed by atoms with Gasteiger partial charge >= 0.3 is 0 Å². The molecule has 112 valence electrons. The normalized spacial score (nSPS) is 36.1. The van der Waals surface area contributed by atoms with Crippen LogP contribution in [0.4, 0.5) is 0 Å². The van der Waals surface area contributed by atoms with Crippen LogP contribution in [-0.4, -0.2) is 35.1 Å². The van der Waals surface area contributed by atoms with Crippen molar-refractivity contribution in [2.45, 2.75) is 37.8 Å². The highest BCUT2D eigenvalue weighted by Crippen LogP contribution is 2.55. The van der Waals surface area contributed by atoms with Crippen LogP contribution >= 0.6 is 27.7 Å². The molecule has 0 amide bonds. The molecule has 0 aromatic carbocycles. The van der Waals surface area contributed by atoms with Crippen molar-refractivity contribution in [3.8, 4) is 0 Å². The highest BCUT2D eigenvalue weighted by Gasteiger charge is 2.56. The van der Waals surface area contributed by atoms with E-state index in [2.05, 4.69) is 50.9 Å². The molecule has 2 aliphatic heterocycles. The smallest absolute Gasteiger partial charge is 0.0497 e. The van der Waals surface area contributed by atoms with Crippen LogP contribution in [0.5, 0.6) is 0 Å². The lowest BCUT2D eigenvalue weighted by Gasteiger charge is -2.43. The average Bonchev–Trinajstić information content (AvgIpc) is 2.67. The molecule has 0 saturated carbocycles. The number of fused-ring (bicyclic) bond motifs is 2. The Morgan fingerprint density at radius 1 is 1.40 bits per heavy atom. The van der Waals surface area contributed by atoms with Crippen molar-refractivity contribution < 1.29 is 0 Å². The zero-order chi connectivity index (χ0) is 14.2. The van der Waals surface area contributed by atoms with Gasteiger partial charge in [-0.1, -0.05) is 34.2 Å². The summed E-state index contributed by atoms with van der Waals surface area (Å²) in [7, 11) is 0. The van der Waals surface area contributed by atoms with Gasteiger partial charge in [-0.25, -0.2) is 5.01 Å². The number of hydrazine groups is 1. The molecule has 0 aromatic rings. The molecular weight excluding hydrogens is 334 g/mol. The van der Waals surface area contributed by atoms with Crippen LogP contribution in [0, 0.1) is 11.3 Å². The van der Waals surface area contributed by atoms with E-state index in [4.69, 9.17) is 11.6 Å². The lowest BCUT2D eigenvalue weighted by atomic mass is 9.65. The Kier molecular flexibility index (Phi) is 4.63. The molecule has 0 aromatic heterocycles. The van der Waals surface area contributed by atoms with Crippen LogP contribution < -0.4 is 11.6 Å². The van der Waals surface area contributed by atoms with Crippen molar-refractivity contribution in [1.29, 1.82) is 0 Å². The molecule has 2 saturated heterocycles. The molecule has 1 aliphatic carbocycles. The Morgan fingerprint density at radius 2 is 2.15 bits per heavy atom. The van der Waals surface area contributed by atoms with Gasteiger partial charge in [0.25, 0.3) is 0 Å². The molecule has 3 unspecified atom stereocenters. The van der Waals surface area contributed by atoms with Gasteiger partial charge in [-0.2, -0.15) is 11.8 Å². The molecule has 3 aliphatic rings. The zero-order valence-corrected chi connectivity index (χ0v) is 14.2. The summed E-state index contributed by atoms with van der Waals surface area (Å²) in [6.07, 6.45) is 11.6. The van der Waals surface area contributed by atoms with Crippen molar-refractivity contribution in [3.63, 3.8) is 0 Å². The van der Waals surface area contributed by atoms with Gasteiger partial charge in [-0.15, -0.1) is 0 Å². The summed E-state index contributed by atoms with van der Waals surface area (Å²) in [6, 6.07) is 0.837. The second-order valence-corrected chi connectivity index (χ2v) is 8.31. The largest absolute Gasteiger partial charge is 0.330 e. The highest BCUT2D eigenvalue weighted by atomic mass is 79.9. The first-order chi connectivity index (χ1) is 9.69.